The average molecular weight is 379 g/mol. The first-order chi connectivity index (χ1) is 12.6. The van der Waals surface area contributed by atoms with Crippen LogP contribution in [0.15, 0.2) is 22.7 Å². The highest BCUT2D eigenvalue weighted by molar-refractivity contribution is 7.89. The molecule has 140 valence electrons. The maximum atomic E-state index is 12.2. The van der Waals surface area contributed by atoms with Gasteiger partial charge in [0.2, 0.25) is 28.5 Å². The Kier molecular flexibility index (Phi) is 4.58. The summed E-state index contributed by atoms with van der Waals surface area (Å²) in [6.07, 6.45) is 2.00. The van der Waals surface area contributed by atoms with Gasteiger partial charge in [-0.3, -0.25) is 0 Å². The standard InChI is InChI=1S/C17H21N3O5S/c1-2-9-26(21,22)20-7-5-12(6-8-20)17-18-16(19-25-17)13-3-4-14-15(10-13)24-11-23-14/h3-4,10,12H,2,5-9,11H2,1H3. The van der Waals surface area contributed by atoms with Gasteiger partial charge in [0.1, 0.15) is 0 Å². The zero-order valence-electron chi connectivity index (χ0n) is 14.6. The molecule has 1 aromatic carbocycles. The lowest BCUT2D eigenvalue weighted by Gasteiger charge is -2.29. The summed E-state index contributed by atoms with van der Waals surface area (Å²) in [5.41, 5.74) is 0.798. The molecular formula is C17H21N3O5S. The third-order valence-electron chi connectivity index (χ3n) is 4.73. The maximum absolute atomic E-state index is 12.2. The van der Waals surface area contributed by atoms with Gasteiger partial charge in [-0.25, -0.2) is 12.7 Å². The molecule has 8 nitrogen and oxygen atoms in total. The topological polar surface area (TPSA) is 94.8 Å². The molecule has 1 fully saturated rings. The number of hydrogen-bond acceptors (Lipinski definition) is 7. The van der Waals surface area contributed by atoms with E-state index in [2.05, 4.69) is 10.1 Å². The van der Waals surface area contributed by atoms with E-state index in [9.17, 15) is 8.42 Å². The van der Waals surface area contributed by atoms with Crippen molar-refractivity contribution in [2.75, 3.05) is 25.6 Å². The van der Waals surface area contributed by atoms with Gasteiger partial charge in [0.05, 0.1) is 5.75 Å². The van der Waals surface area contributed by atoms with Crippen molar-refractivity contribution in [1.29, 1.82) is 0 Å². The Labute approximate surface area is 152 Å². The summed E-state index contributed by atoms with van der Waals surface area (Å²) in [7, 11) is -3.14. The summed E-state index contributed by atoms with van der Waals surface area (Å²) in [6.45, 7) is 3.08. The number of piperidine rings is 1. The lowest BCUT2D eigenvalue weighted by molar-refractivity contribution is 0.174. The van der Waals surface area contributed by atoms with Gasteiger partial charge < -0.3 is 14.0 Å². The van der Waals surface area contributed by atoms with Crippen molar-refractivity contribution in [3.8, 4) is 22.9 Å². The maximum Gasteiger partial charge on any atom is 0.231 e. The predicted molar refractivity (Wildman–Crippen MR) is 93.5 cm³/mol. The third kappa shape index (κ3) is 3.28. The van der Waals surface area contributed by atoms with Gasteiger partial charge >= 0.3 is 0 Å². The van der Waals surface area contributed by atoms with E-state index in [0.29, 0.717) is 55.6 Å². The van der Waals surface area contributed by atoms with Crippen LogP contribution in [0.4, 0.5) is 0 Å². The van der Waals surface area contributed by atoms with Crippen LogP contribution in [0.3, 0.4) is 0 Å². The van der Waals surface area contributed by atoms with E-state index in [1.54, 1.807) is 4.31 Å². The van der Waals surface area contributed by atoms with Crippen molar-refractivity contribution in [3.05, 3.63) is 24.1 Å². The van der Waals surface area contributed by atoms with E-state index in [1.807, 2.05) is 25.1 Å². The fourth-order valence-electron chi connectivity index (χ4n) is 3.32. The molecule has 0 radical (unpaired) electrons. The van der Waals surface area contributed by atoms with Gasteiger partial charge in [-0.15, -0.1) is 0 Å². The van der Waals surface area contributed by atoms with Crippen LogP contribution in [0.1, 0.15) is 38.0 Å². The average Bonchev–Trinajstić information content (AvgIpc) is 3.30. The van der Waals surface area contributed by atoms with Crippen molar-refractivity contribution >= 4 is 10.0 Å². The first-order valence-corrected chi connectivity index (χ1v) is 10.4. The molecule has 26 heavy (non-hydrogen) atoms. The second-order valence-corrected chi connectivity index (χ2v) is 8.60. The number of aromatic nitrogens is 2. The van der Waals surface area contributed by atoms with Gasteiger partial charge in [-0.05, 0) is 37.5 Å². The van der Waals surface area contributed by atoms with Crippen LogP contribution in [-0.4, -0.2) is 48.5 Å². The molecule has 0 saturated carbocycles. The highest BCUT2D eigenvalue weighted by atomic mass is 32.2. The number of nitrogens with zero attached hydrogens (tertiary/aromatic N) is 3. The Hall–Kier alpha value is -2.13. The molecule has 9 heteroatoms. The monoisotopic (exact) mass is 379 g/mol. The van der Waals surface area contributed by atoms with E-state index >= 15 is 0 Å². The van der Waals surface area contributed by atoms with Gasteiger partial charge in [-0.2, -0.15) is 4.98 Å². The van der Waals surface area contributed by atoms with Crippen LogP contribution in [-0.2, 0) is 10.0 Å². The normalized spacial score (nSPS) is 18.3. The molecule has 0 N–H and O–H groups in total. The van der Waals surface area contributed by atoms with Crippen molar-refractivity contribution < 1.29 is 22.4 Å². The minimum Gasteiger partial charge on any atom is -0.454 e. The van der Waals surface area contributed by atoms with E-state index < -0.39 is 10.0 Å². The molecule has 2 aliphatic heterocycles. The molecule has 2 aromatic rings. The summed E-state index contributed by atoms with van der Waals surface area (Å²) in [5.74, 6) is 2.72. The Bertz CT molecular complexity index is 888. The highest BCUT2D eigenvalue weighted by Crippen LogP contribution is 2.36. The van der Waals surface area contributed by atoms with Gasteiger partial charge in [-0.1, -0.05) is 12.1 Å². The summed E-state index contributed by atoms with van der Waals surface area (Å²) in [4.78, 5) is 4.51. The summed E-state index contributed by atoms with van der Waals surface area (Å²) in [6, 6.07) is 5.52. The molecule has 0 atom stereocenters. The summed E-state index contributed by atoms with van der Waals surface area (Å²) >= 11 is 0. The second kappa shape index (κ2) is 6.88. The van der Waals surface area contributed by atoms with E-state index in [0.717, 1.165) is 5.56 Å². The second-order valence-electron chi connectivity index (χ2n) is 6.51. The number of ether oxygens (including phenoxy) is 2. The lowest BCUT2D eigenvalue weighted by atomic mass is 9.98. The molecule has 1 saturated heterocycles. The molecule has 0 spiro atoms. The molecule has 0 unspecified atom stereocenters. The summed E-state index contributed by atoms with van der Waals surface area (Å²) in [5, 5.41) is 4.07. The molecule has 2 aliphatic rings. The van der Waals surface area contributed by atoms with Crippen LogP contribution >= 0.6 is 0 Å². The van der Waals surface area contributed by atoms with Crippen LogP contribution in [0.25, 0.3) is 11.4 Å². The number of rotatable bonds is 5. The van der Waals surface area contributed by atoms with Crippen molar-refractivity contribution in [1.82, 2.24) is 14.4 Å². The first kappa shape index (κ1) is 17.3. The smallest absolute Gasteiger partial charge is 0.231 e. The molecule has 0 aliphatic carbocycles. The Morgan fingerprint density at radius 1 is 1.19 bits per heavy atom. The number of sulfonamides is 1. The zero-order chi connectivity index (χ0) is 18.1. The number of benzene rings is 1. The van der Waals surface area contributed by atoms with E-state index in [1.165, 1.54) is 0 Å². The fraction of sp³-hybridized carbons (Fsp3) is 0.529. The van der Waals surface area contributed by atoms with Crippen molar-refractivity contribution in [2.24, 2.45) is 0 Å². The molecular weight excluding hydrogens is 358 g/mol. The molecule has 0 amide bonds. The van der Waals surface area contributed by atoms with Crippen molar-refractivity contribution in [3.63, 3.8) is 0 Å². The van der Waals surface area contributed by atoms with Crippen LogP contribution in [0, 0.1) is 0 Å². The lowest BCUT2D eigenvalue weighted by Crippen LogP contribution is -2.39. The van der Waals surface area contributed by atoms with Gasteiger partial charge in [0, 0.05) is 24.6 Å². The molecule has 4 rings (SSSR count). The van der Waals surface area contributed by atoms with Crippen molar-refractivity contribution in [2.45, 2.75) is 32.1 Å². The Morgan fingerprint density at radius 3 is 2.73 bits per heavy atom. The Morgan fingerprint density at radius 2 is 1.96 bits per heavy atom. The SMILES string of the molecule is CCCS(=O)(=O)N1CCC(c2nc(-c3ccc4c(c3)OCO4)no2)CC1. The van der Waals surface area contributed by atoms with Gasteiger partial charge in [0.25, 0.3) is 0 Å². The fourth-order valence-corrected chi connectivity index (χ4v) is 4.86. The van der Waals surface area contributed by atoms with Crippen LogP contribution in [0.5, 0.6) is 11.5 Å². The number of fused-ring (bicyclic) bond motifs is 1. The van der Waals surface area contributed by atoms with E-state index in [4.69, 9.17) is 14.0 Å². The predicted octanol–water partition coefficient (Wildman–Crippen LogP) is 2.38. The zero-order valence-corrected chi connectivity index (χ0v) is 15.4. The molecule has 1 aromatic heterocycles. The van der Waals surface area contributed by atoms with Crippen LogP contribution < -0.4 is 9.47 Å². The van der Waals surface area contributed by atoms with Crippen LogP contribution in [0.2, 0.25) is 0 Å². The van der Waals surface area contributed by atoms with E-state index in [-0.39, 0.29) is 18.5 Å². The Balaban J connectivity index is 1.44. The minimum absolute atomic E-state index is 0.0818. The first-order valence-electron chi connectivity index (χ1n) is 8.78. The van der Waals surface area contributed by atoms with Gasteiger partial charge in [0.15, 0.2) is 11.5 Å². The quantitative estimate of drug-likeness (QED) is 0.787. The molecule has 0 bridgehead atoms. The minimum atomic E-state index is -3.14. The largest absolute Gasteiger partial charge is 0.454 e. The third-order valence-corrected chi connectivity index (χ3v) is 6.81. The number of hydrogen-bond donors (Lipinski definition) is 0. The summed E-state index contributed by atoms with van der Waals surface area (Å²) < 4.78 is 42.0. The molecule has 3 heterocycles. The highest BCUT2D eigenvalue weighted by Gasteiger charge is 2.30.